The minimum atomic E-state index is -0.676. The number of benzene rings is 1. The lowest BCUT2D eigenvalue weighted by Crippen LogP contribution is -2.38. The van der Waals surface area contributed by atoms with Crippen LogP contribution < -0.4 is 0 Å². The molecule has 0 bridgehead atoms. The second-order valence-electron chi connectivity index (χ2n) is 5.59. The van der Waals surface area contributed by atoms with E-state index in [1.54, 1.807) is 0 Å². The van der Waals surface area contributed by atoms with Crippen molar-refractivity contribution < 1.29 is 24.1 Å². The highest BCUT2D eigenvalue weighted by Gasteiger charge is 2.55. The van der Waals surface area contributed by atoms with E-state index < -0.39 is 18.2 Å². The van der Waals surface area contributed by atoms with Gasteiger partial charge in [0.1, 0.15) is 18.3 Å². The van der Waals surface area contributed by atoms with Crippen LogP contribution in [-0.4, -0.2) is 42.1 Å². The molecule has 5 heteroatoms. The summed E-state index contributed by atoms with van der Waals surface area (Å²) >= 11 is 0. The van der Waals surface area contributed by atoms with Gasteiger partial charge in [0.05, 0.1) is 13.2 Å². The van der Waals surface area contributed by atoms with Gasteiger partial charge in [-0.2, -0.15) is 0 Å². The predicted octanol–water partition coefficient (Wildman–Crippen LogP) is 1.44. The maximum Gasteiger partial charge on any atom is 0.190 e. The van der Waals surface area contributed by atoms with Crippen molar-refractivity contribution in [3.8, 4) is 0 Å². The Kier molecular flexibility index (Phi) is 3.79. The Morgan fingerprint density at radius 3 is 2.65 bits per heavy atom. The molecule has 3 rings (SSSR count). The van der Waals surface area contributed by atoms with Gasteiger partial charge in [0, 0.05) is 0 Å². The summed E-state index contributed by atoms with van der Waals surface area (Å²) in [5, 5.41) is 9.40. The summed E-state index contributed by atoms with van der Waals surface area (Å²) in [6.07, 6.45) is -1.51. The number of hydrogen-bond donors (Lipinski definition) is 1. The molecule has 4 atom stereocenters. The van der Waals surface area contributed by atoms with Gasteiger partial charge in [-0.05, 0) is 19.4 Å². The van der Waals surface area contributed by atoms with E-state index in [1.165, 1.54) is 0 Å². The van der Waals surface area contributed by atoms with E-state index in [9.17, 15) is 5.11 Å². The third-order valence-corrected chi connectivity index (χ3v) is 3.55. The van der Waals surface area contributed by atoms with Crippen molar-refractivity contribution in [1.82, 2.24) is 0 Å². The summed E-state index contributed by atoms with van der Waals surface area (Å²) < 4.78 is 23.0. The molecule has 2 heterocycles. The first-order valence-electron chi connectivity index (χ1n) is 6.86. The normalized spacial score (nSPS) is 35.1. The number of ether oxygens (including phenoxy) is 4. The van der Waals surface area contributed by atoms with Gasteiger partial charge in [0.15, 0.2) is 12.1 Å². The van der Waals surface area contributed by atoms with E-state index in [0.717, 1.165) is 5.56 Å². The van der Waals surface area contributed by atoms with Crippen LogP contribution in [0.25, 0.3) is 0 Å². The molecule has 2 saturated heterocycles. The van der Waals surface area contributed by atoms with Gasteiger partial charge in [0.25, 0.3) is 0 Å². The summed E-state index contributed by atoms with van der Waals surface area (Å²) in [4.78, 5) is 0. The van der Waals surface area contributed by atoms with Crippen LogP contribution in [0.3, 0.4) is 0 Å². The molecule has 2 fully saturated rings. The van der Waals surface area contributed by atoms with Gasteiger partial charge in [0.2, 0.25) is 0 Å². The number of aliphatic hydroxyl groups is 1. The first-order chi connectivity index (χ1) is 9.59. The minimum Gasteiger partial charge on any atom is -0.394 e. The van der Waals surface area contributed by atoms with Crippen molar-refractivity contribution in [2.75, 3.05) is 6.61 Å². The highest BCUT2D eigenvalue weighted by Crippen LogP contribution is 2.38. The molecule has 1 aromatic carbocycles. The molecule has 2 aliphatic heterocycles. The monoisotopic (exact) mass is 280 g/mol. The van der Waals surface area contributed by atoms with Crippen LogP contribution in [0.1, 0.15) is 19.4 Å². The van der Waals surface area contributed by atoms with Gasteiger partial charge in [-0.1, -0.05) is 30.3 Å². The summed E-state index contributed by atoms with van der Waals surface area (Å²) in [6.45, 7) is 4.03. The number of fused-ring (bicyclic) bond motifs is 1. The molecule has 1 N–H and O–H groups in total. The van der Waals surface area contributed by atoms with Crippen molar-refractivity contribution in [2.45, 2.75) is 50.8 Å². The maximum absolute atomic E-state index is 9.40. The Balaban J connectivity index is 1.67. The Morgan fingerprint density at radius 2 is 1.95 bits per heavy atom. The second-order valence-corrected chi connectivity index (χ2v) is 5.59. The van der Waals surface area contributed by atoms with Gasteiger partial charge in [-0.3, -0.25) is 0 Å². The summed E-state index contributed by atoms with van der Waals surface area (Å²) in [5.41, 5.74) is 1.07. The molecule has 5 nitrogen and oxygen atoms in total. The Morgan fingerprint density at radius 1 is 1.20 bits per heavy atom. The first-order valence-corrected chi connectivity index (χ1v) is 6.86. The minimum absolute atomic E-state index is 0.112. The lowest BCUT2D eigenvalue weighted by molar-refractivity contribution is -0.222. The molecule has 0 aromatic heterocycles. The van der Waals surface area contributed by atoms with Crippen LogP contribution in [0.4, 0.5) is 0 Å². The Hall–Kier alpha value is -0.980. The highest BCUT2D eigenvalue weighted by atomic mass is 16.8. The highest BCUT2D eigenvalue weighted by molar-refractivity contribution is 5.13. The van der Waals surface area contributed by atoms with Gasteiger partial charge < -0.3 is 24.1 Å². The van der Waals surface area contributed by atoms with E-state index in [2.05, 4.69) is 0 Å². The van der Waals surface area contributed by atoms with Crippen molar-refractivity contribution in [2.24, 2.45) is 0 Å². The smallest absolute Gasteiger partial charge is 0.190 e. The van der Waals surface area contributed by atoms with Crippen molar-refractivity contribution in [1.29, 1.82) is 0 Å². The van der Waals surface area contributed by atoms with E-state index in [1.807, 2.05) is 44.2 Å². The van der Waals surface area contributed by atoms with E-state index >= 15 is 0 Å². The quantitative estimate of drug-likeness (QED) is 0.904. The third-order valence-electron chi connectivity index (χ3n) is 3.55. The van der Waals surface area contributed by atoms with Gasteiger partial charge in [-0.15, -0.1) is 0 Å². The molecule has 20 heavy (non-hydrogen) atoms. The topological polar surface area (TPSA) is 57.2 Å². The molecule has 0 radical (unpaired) electrons. The zero-order valence-corrected chi connectivity index (χ0v) is 11.7. The molecule has 0 amide bonds. The standard InChI is InChI=1S/C15H20O5/c1-15(2)19-13-12(11(8-16)18-14(13)20-15)17-9-10-6-4-3-5-7-10/h3-7,11-14,16H,8-9H2,1-2H3/t11-,12+,13+,14-/m1/s1. The lowest BCUT2D eigenvalue weighted by Gasteiger charge is -2.25. The van der Waals surface area contributed by atoms with Crippen LogP contribution in [0.15, 0.2) is 30.3 Å². The molecule has 0 unspecified atom stereocenters. The van der Waals surface area contributed by atoms with Gasteiger partial charge >= 0.3 is 0 Å². The average molecular weight is 280 g/mol. The fraction of sp³-hybridized carbons (Fsp3) is 0.600. The Bertz CT molecular complexity index is 447. The van der Waals surface area contributed by atoms with Crippen molar-refractivity contribution >= 4 is 0 Å². The summed E-state index contributed by atoms with van der Waals surface area (Å²) in [7, 11) is 0. The molecule has 2 aliphatic rings. The van der Waals surface area contributed by atoms with Crippen LogP contribution >= 0.6 is 0 Å². The number of rotatable bonds is 4. The molecule has 1 aromatic rings. The van der Waals surface area contributed by atoms with E-state index in [4.69, 9.17) is 18.9 Å². The van der Waals surface area contributed by atoms with E-state index in [0.29, 0.717) is 6.61 Å². The fourth-order valence-corrected chi connectivity index (χ4v) is 2.66. The van der Waals surface area contributed by atoms with Crippen LogP contribution in [0, 0.1) is 0 Å². The average Bonchev–Trinajstić information content (AvgIpc) is 2.89. The fourth-order valence-electron chi connectivity index (χ4n) is 2.66. The number of hydrogen-bond acceptors (Lipinski definition) is 5. The zero-order chi connectivity index (χ0) is 14.2. The van der Waals surface area contributed by atoms with Crippen LogP contribution in [-0.2, 0) is 25.6 Å². The zero-order valence-electron chi connectivity index (χ0n) is 11.7. The maximum atomic E-state index is 9.40. The first kappa shape index (κ1) is 14.0. The molecule has 0 aliphatic carbocycles. The molecular formula is C15H20O5. The van der Waals surface area contributed by atoms with Gasteiger partial charge in [-0.25, -0.2) is 0 Å². The molecule has 0 saturated carbocycles. The third kappa shape index (κ3) is 2.73. The predicted molar refractivity (Wildman–Crippen MR) is 70.8 cm³/mol. The molecule has 110 valence electrons. The van der Waals surface area contributed by atoms with E-state index in [-0.39, 0.29) is 18.8 Å². The van der Waals surface area contributed by atoms with Crippen LogP contribution in [0.5, 0.6) is 0 Å². The second kappa shape index (κ2) is 5.42. The van der Waals surface area contributed by atoms with Crippen LogP contribution in [0.2, 0.25) is 0 Å². The number of aliphatic hydroxyl groups excluding tert-OH is 1. The van der Waals surface area contributed by atoms with Crippen molar-refractivity contribution in [3.05, 3.63) is 35.9 Å². The molecular weight excluding hydrogens is 260 g/mol. The molecule has 0 spiro atoms. The lowest BCUT2D eigenvalue weighted by atomic mass is 10.1. The SMILES string of the molecule is CC1(C)O[C@H]2O[C@H](CO)[C@H](OCc3ccccc3)[C@@H]2O1. The largest absolute Gasteiger partial charge is 0.394 e. The van der Waals surface area contributed by atoms with Crippen molar-refractivity contribution in [3.63, 3.8) is 0 Å². The Labute approximate surface area is 118 Å². The summed E-state index contributed by atoms with van der Waals surface area (Å²) in [6, 6.07) is 9.89. The summed E-state index contributed by atoms with van der Waals surface area (Å²) in [5.74, 6) is -0.676.